The zero-order valence-corrected chi connectivity index (χ0v) is 8.51. The van der Waals surface area contributed by atoms with Crippen LogP contribution >= 0.6 is 12.6 Å². The van der Waals surface area contributed by atoms with E-state index in [4.69, 9.17) is 10.5 Å². The van der Waals surface area contributed by atoms with Gasteiger partial charge in [0.1, 0.15) is 6.04 Å². The highest BCUT2D eigenvalue weighted by Gasteiger charge is 2.15. The second-order valence-electron chi connectivity index (χ2n) is 2.83. The van der Waals surface area contributed by atoms with Gasteiger partial charge in [0.05, 0.1) is 6.10 Å². The molecule has 0 fully saturated rings. The second-order valence-corrected chi connectivity index (χ2v) is 3.19. The van der Waals surface area contributed by atoms with Gasteiger partial charge in [0, 0.05) is 5.75 Å². The van der Waals surface area contributed by atoms with Crippen molar-refractivity contribution in [2.75, 3.05) is 5.75 Å². The molecule has 0 radical (unpaired) electrons. The van der Waals surface area contributed by atoms with E-state index in [1.807, 2.05) is 13.8 Å². The summed E-state index contributed by atoms with van der Waals surface area (Å²) in [5.41, 5.74) is 5.41. The van der Waals surface area contributed by atoms with E-state index >= 15 is 0 Å². The lowest BCUT2D eigenvalue weighted by molar-refractivity contribution is -0.149. The minimum Gasteiger partial charge on any atom is -0.461 e. The van der Waals surface area contributed by atoms with E-state index in [9.17, 15) is 4.79 Å². The molecular formula is C8H17NO2S. The van der Waals surface area contributed by atoms with Gasteiger partial charge in [0.15, 0.2) is 0 Å². The van der Waals surface area contributed by atoms with Crippen molar-refractivity contribution in [3.05, 3.63) is 0 Å². The molecule has 2 atom stereocenters. The molecule has 0 aliphatic heterocycles. The van der Waals surface area contributed by atoms with Crippen LogP contribution in [0.5, 0.6) is 0 Å². The van der Waals surface area contributed by atoms with E-state index in [1.54, 1.807) is 0 Å². The largest absolute Gasteiger partial charge is 0.461 e. The first-order valence-corrected chi connectivity index (χ1v) is 4.82. The number of carbonyl (C=O) groups excluding carboxylic acids is 1. The second kappa shape index (κ2) is 6.31. The highest BCUT2D eigenvalue weighted by atomic mass is 32.1. The molecule has 0 aromatic carbocycles. The van der Waals surface area contributed by atoms with Crippen LogP contribution in [0.2, 0.25) is 0 Å². The third kappa shape index (κ3) is 4.62. The first kappa shape index (κ1) is 11.8. The summed E-state index contributed by atoms with van der Waals surface area (Å²) < 4.78 is 5.03. The number of ether oxygens (including phenoxy) is 1. The molecule has 0 amide bonds. The Bertz CT molecular complexity index is 141. The number of thiol groups is 1. The third-order valence-electron chi connectivity index (χ3n) is 1.51. The average Bonchev–Trinajstić information content (AvgIpc) is 2.03. The fourth-order valence-corrected chi connectivity index (χ4v) is 0.975. The standard InChI is InChI=1S/C8H17NO2S/c1-3-4-6(2)11-8(10)7(9)5-12/h6-7,12H,3-5,9H2,1-2H3/t6?,7-/m1/s1. The average molecular weight is 191 g/mol. The van der Waals surface area contributed by atoms with E-state index in [0.29, 0.717) is 5.75 Å². The summed E-state index contributed by atoms with van der Waals surface area (Å²) in [5.74, 6) is -0.0246. The van der Waals surface area contributed by atoms with Crippen LogP contribution < -0.4 is 5.73 Å². The van der Waals surface area contributed by atoms with E-state index in [0.717, 1.165) is 12.8 Å². The van der Waals surface area contributed by atoms with E-state index in [1.165, 1.54) is 0 Å². The molecule has 3 nitrogen and oxygen atoms in total. The first-order valence-electron chi connectivity index (χ1n) is 4.18. The number of hydrogen-bond donors (Lipinski definition) is 2. The smallest absolute Gasteiger partial charge is 0.324 e. The van der Waals surface area contributed by atoms with Gasteiger partial charge in [-0.2, -0.15) is 12.6 Å². The molecule has 0 saturated heterocycles. The normalized spacial score (nSPS) is 15.3. The van der Waals surface area contributed by atoms with Gasteiger partial charge < -0.3 is 10.5 Å². The maximum Gasteiger partial charge on any atom is 0.324 e. The van der Waals surface area contributed by atoms with Crippen LogP contribution in [0.25, 0.3) is 0 Å². The van der Waals surface area contributed by atoms with Crippen molar-refractivity contribution in [1.82, 2.24) is 0 Å². The molecule has 0 aliphatic rings. The number of rotatable bonds is 5. The van der Waals surface area contributed by atoms with Crippen molar-refractivity contribution < 1.29 is 9.53 Å². The van der Waals surface area contributed by atoms with Crippen LogP contribution in [-0.4, -0.2) is 23.9 Å². The van der Waals surface area contributed by atoms with Crippen molar-refractivity contribution in [1.29, 1.82) is 0 Å². The van der Waals surface area contributed by atoms with Gasteiger partial charge in [-0.1, -0.05) is 13.3 Å². The Balaban J connectivity index is 3.67. The topological polar surface area (TPSA) is 52.3 Å². The van der Waals surface area contributed by atoms with Crippen molar-refractivity contribution in [2.45, 2.75) is 38.8 Å². The summed E-state index contributed by atoms with van der Waals surface area (Å²) in [6.45, 7) is 3.91. The molecule has 0 heterocycles. The SMILES string of the molecule is CCCC(C)OC(=O)[C@H](N)CS. The number of carbonyl (C=O) groups is 1. The van der Waals surface area contributed by atoms with Crippen LogP contribution in [0.15, 0.2) is 0 Å². The summed E-state index contributed by atoms with van der Waals surface area (Å²) >= 11 is 3.90. The molecule has 0 aliphatic carbocycles. The van der Waals surface area contributed by atoms with Gasteiger partial charge in [-0.3, -0.25) is 4.79 Å². The Morgan fingerprint density at radius 2 is 2.25 bits per heavy atom. The Kier molecular flexibility index (Phi) is 6.20. The molecule has 1 unspecified atom stereocenters. The molecule has 0 aromatic rings. The Labute approximate surface area is 79.1 Å². The van der Waals surface area contributed by atoms with Gasteiger partial charge in [0.2, 0.25) is 0 Å². The number of hydrogen-bond acceptors (Lipinski definition) is 4. The first-order chi connectivity index (χ1) is 5.61. The van der Waals surface area contributed by atoms with E-state index < -0.39 is 6.04 Å². The number of esters is 1. The van der Waals surface area contributed by atoms with Crippen LogP contribution in [0, 0.1) is 0 Å². The number of nitrogens with two attached hydrogens (primary N) is 1. The lowest BCUT2D eigenvalue weighted by Crippen LogP contribution is -2.35. The van der Waals surface area contributed by atoms with Crippen LogP contribution in [-0.2, 0) is 9.53 Å². The minimum absolute atomic E-state index is 0.0339. The highest BCUT2D eigenvalue weighted by molar-refractivity contribution is 7.80. The molecule has 2 N–H and O–H groups in total. The molecule has 0 spiro atoms. The Morgan fingerprint density at radius 3 is 2.67 bits per heavy atom. The molecule has 0 aromatic heterocycles. The fourth-order valence-electron chi connectivity index (χ4n) is 0.826. The Hall–Kier alpha value is -0.220. The van der Waals surface area contributed by atoms with Gasteiger partial charge >= 0.3 is 5.97 Å². The zero-order valence-electron chi connectivity index (χ0n) is 7.62. The lowest BCUT2D eigenvalue weighted by atomic mass is 10.2. The summed E-state index contributed by atoms with van der Waals surface area (Å²) in [6, 6.07) is -0.590. The molecular weight excluding hydrogens is 174 g/mol. The van der Waals surface area contributed by atoms with Crippen LogP contribution in [0.4, 0.5) is 0 Å². The Morgan fingerprint density at radius 1 is 1.67 bits per heavy atom. The summed E-state index contributed by atoms with van der Waals surface area (Å²) in [4.78, 5) is 11.1. The summed E-state index contributed by atoms with van der Waals surface area (Å²) in [5, 5.41) is 0. The lowest BCUT2D eigenvalue weighted by Gasteiger charge is -2.14. The van der Waals surface area contributed by atoms with Crippen molar-refractivity contribution >= 4 is 18.6 Å². The molecule has 0 bridgehead atoms. The quantitative estimate of drug-likeness (QED) is 0.503. The van der Waals surface area contributed by atoms with Gasteiger partial charge in [-0.15, -0.1) is 0 Å². The van der Waals surface area contributed by atoms with E-state index in [2.05, 4.69) is 12.6 Å². The molecule has 0 rings (SSSR count). The maximum absolute atomic E-state index is 11.1. The predicted octanol–water partition coefficient (Wildman–Crippen LogP) is 0.975. The van der Waals surface area contributed by atoms with E-state index in [-0.39, 0.29) is 12.1 Å². The zero-order chi connectivity index (χ0) is 9.56. The summed E-state index contributed by atoms with van der Waals surface area (Å²) in [6.07, 6.45) is 1.85. The third-order valence-corrected chi connectivity index (χ3v) is 1.91. The molecule has 4 heteroatoms. The predicted molar refractivity (Wildman–Crippen MR) is 52.3 cm³/mol. The van der Waals surface area contributed by atoms with Gasteiger partial charge in [-0.25, -0.2) is 0 Å². The van der Waals surface area contributed by atoms with Gasteiger partial charge in [0.25, 0.3) is 0 Å². The van der Waals surface area contributed by atoms with Crippen molar-refractivity contribution in [3.8, 4) is 0 Å². The molecule has 0 saturated carbocycles. The highest BCUT2D eigenvalue weighted by Crippen LogP contribution is 2.02. The van der Waals surface area contributed by atoms with Gasteiger partial charge in [-0.05, 0) is 13.3 Å². The fraction of sp³-hybridized carbons (Fsp3) is 0.875. The molecule has 72 valence electrons. The van der Waals surface area contributed by atoms with Crippen molar-refractivity contribution in [2.24, 2.45) is 5.73 Å². The van der Waals surface area contributed by atoms with Crippen molar-refractivity contribution in [3.63, 3.8) is 0 Å². The van der Waals surface area contributed by atoms with Crippen LogP contribution in [0.3, 0.4) is 0 Å². The summed E-state index contributed by atoms with van der Waals surface area (Å²) in [7, 11) is 0. The minimum atomic E-state index is -0.590. The molecule has 12 heavy (non-hydrogen) atoms. The monoisotopic (exact) mass is 191 g/mol. The van der Waals surface area contributed by atoms with Crippen LogP contribution in [0.1, 0.15) is 26.7 Å². The maximum atomic E-state index is 11.1.